The van der Waals surface area contributed by atoms with Crippen molar-refractivity contribution in [1.29, 1.82) is 0 Å². The number of hydrogen-bond acceptors (Lipinski definition) is 0. The standard InChI is InChI=1S/C16H18N2.2HI.H2O/c1-3-9-17-11-5-15(6-12-17)16-7-13-18(10-4-2)14-8-16;;;/h3-8,11-14H,1-2,9-10H2;2*1H;1H2/q+2;;;/p-2. The fourth-order valence-corrected chi connectivity index (χ4v) is 1.84. The number of pyridine rings is 2. The van der Waals surface area contributed by atoms with Gasteiger partial charge in [-0.1, -0.05) is 13.2 Å². The van der Waals surface area contributed by atoms with Crippen molar-refractivity contribution in [3.05, 3.63) is 74.4 Å². The van der Waals surface area contributed by atoms with Crippen molar-refractivity contribution in [2.75, 3.05) is 0 Å². The minimum Gasteiger partial charge on any atom is -1.00 e. The van der Waals surface area contributed by atoms with Crippen LogP contribution < -0.4 is 57.1 Å². The average Bonchev–Trinajstić information content (AvgIpc) is 2.41. The van der Waals surface area contributed by atoms with E-state index in [2.05, 4.69) is 71.3 Å². The average molecular weight is 510 g/mol. The van der Waals surface area contributed by atoms with Crippen LogP contribution in [0.5, 0.6) is 0 Å². The molecule has 2 N–H and O–H groups in total. The van der Waals surface area contributed by atoms with E-state index in [-0.39, 0.29) is 53.4 Å². The molecule has 0 saturated carbocycles. The van der Waals surface area contributed by atoms with E-state index >= 15 is 0 Å². The Hall–Kier alpha value is -0.800. The van der Waals surface area contributed by atoms with Crippen molar-refractivity contribution >= 4 is 0 Å². The van der Waals surface area contributed by atoms with Gasteiger partial charge in [0.1, 0.15) is 0 Å². The number of allylic oxidation sites excluding steroid dienone is 2. The number of aromatic nitrogens is 2. The van der Waals surface area contributed by atoms with Crippen LogP contribution in [0.15, 0.2) is 74.4 Å². The minimum atomic E-state index is 0. The van der Waals surface area contributed by atoms with Gasteiger partial charge in [0.25, 0.3) is 0 Å². The predicted octanol–water partition coefficient (Wildman–Crippen LogP) is -4.52. The SMILES string of the molecule is C=CC[n+]1ccc(-c2cc[n+](CC=C)cc2)cc1.O.[I-].[I-]. The molecule has 21 heavy (non-hydrogen) atoms. The molecular formula is C16H20I2N2O. The van der Waals surface area contributed by atoms with Crippen LogP contribution in [-0.2, 0) is 13.1 Å². The van der Waals surface area contributed by atoms with Crippen LogP contribution >= 0.6 is 0 Å². The third-order valence-electron chi connectivity index (χ3n) is 2.80. The molecule has 0 aliphatic heterocycles. The molecule has 0 radical (unpaired) electrons. The highest BCUT2D eigenvalue weighted by atomic mass is 127. The number of hydrogen-bond donors (Lipinski definition) is 0. The second-order valence-corrected chi connectivity index (χ2v) is 4.14. The Morgan fingerprint density at radius 3 is 1.24 bits per heavy atom. The third-order valence-corrected chi connectivity index (χ3v) is 2.80. The largest absolute Gasteiger partial charge is 1.00 e. The maximum absolute atomic E-state index is 3.73. The summed E-state index contributed by atoms with van der Waals surface area (Å²) in [6, 6.07) is 8.49. The molecule has 2 rings (SSSR count). The Labute approximate surface area is 160 Å². The van der Waals surface area contributed by atoms with Crippen LogP contribution in [0.25, 0.3) is 11.1 Å². The van der Waals surface area contributed by atoms with Gasteiger partial charge in [-0.25, -0.2) is 9.13 Å². The second-order valence-electron chi connectivity index (χ2n) is 4.14. The lowest BCUT2D eigenvalue weighted by Gasteiger charge is -1.99. The van der Waals surface area contributed by atoms with Gasteiger partial charge in [-0.05, 0) is 23.3 Å². The molecule has 0 fully saturated rings. The van der Waals surface area contributed by atoms with E-state index in [4.69, 9.17) is 0 Å². The van der Waals surface area contributed by atoms with Crippen molar-refractivity contribution in [2.24, 2.45) is 0 Å². The highest BCUT2D eigenvalue weighted by Gasteiger charge is 2.03. The van der Waals surface area contributed by atoms with Crippen LogP contribution in [0.3, 0.4) is 0 Å². The zero-order chi connectivity index (χ0) is 12.8. The van der Waals surface area contributed by atoms with Crippen LogP contribution in [0.4, 0.5) is 0 Å². The molecule has 0 aliphatic rings. The van der Waals surface area contributed by atoms with Crippen LogP contribution in [0, 0.1) is 0 Å². The van der Waals surface area contributed by atoms with Crippen molar-refractivity contribution in [3.63, 3.8) is 0 Å². The van der Waals surface area contributed by atoms with Crippen molar-refractivity contribution in [2.45, 2.75) is 13.1 Å². The number of rotatable bonds is 5. The molecule has 114 valence electrons. The first-order chi connectivity index (χ1) is 8.83. The lowest BCUT2D eigenvalue weighted by atomic mass is 10.1. The summed E-state index contributed by atoms with van der Waals surface area (Å²) in [5.41, 5.74) is 2.45. The Bertz CT molecular complexity index is 488. The summed E-state index contributed by atoms with van der Waals surface area (Å²) < 4.78 is 4.19. The van der Waals surface area contributed by atoms with E-state index in [9.17, 15) is 0 Å². The Balaban J connectivity index is 0. The molecule has 0 spiro atoms. The van der Waals surface area contributed by atoms with E-state index in [0.717, 1.165) is 13.1 Å². The summed E-state index contributed by atoms with van der Waals surface area (Å²) >= 11 is 0. The van der Waals surface area contributed by atoms with Gasteiger partial charge in [-0.15, -0.1) is 0 Å². The summed E-state index contributed by atoms with van der Waals surface area (Å²) in [6.45, 7) is 9.15. The Morgan fingerprint density at radius 2 is 1.00 bits per heavy atom. The first-order valence-corrected chi connectivity index (χ1v) is 6.04. The van der Waals surface area contributed by atoms with E-state index in [1.165, 1.54) is 11.1 Å². The van der Waals surface area contributed by atoms with Gasteiger partial charge in [0, 0.05) is 24.3 Å². The van der Waals surface area contributed by atoms with Crippen LogP contribution in [-0.4, -0.2) is 5.48 Å². The van der Waals surface area contributed by atoms with Crippen molar-refractivity contribution in [3.8, 4) is 11.1 Å². The maximum atomic E-state index is 3.73. The molecule has 3 nitrogen and oxygen atoms in total. The minimum absolute atomic E-state index is 0. The molecule has 2 aromatic rings. The fourth-order valence-electron chi connectivity index (χ4n) is 1.84. The number of halogens is 2. The van der Waals surface area contributed by atoms with E-state index < -0.39 is 0 Å². The van der Waals surface area contributed by atoms with Crippen molar-refractivity contribution < 1.29 is 62.6 Å². The Morgan fingerprint density at radius 1 is 0.714 bits per heavy atom. The molecule has 2 aromatic heterocycles. The zero-order valence-electron chi connectivity index (χ0n) is 11.8. The second kappa shape index (κ2) is 11.8. The van der Waals surface area contributed by atoms with Gasteiger partial charge >= 0.3 is 0 Å². The van der Waals surface area contributed by atoms with Crippen LogP contribution in [0.1, 0.15) is 0 Å². The summed E-state index contributed by atoms with van der Waals surface area (Å²) in [7, 11) is 0. The summed E-state index contributed by atoms with van der Waals surface area (Å²) in [4.78, 5) is 0. The van der Waals surface area contributed by atoms with Gasteiger partial charge in [0.05, 0.1) is 0 Å². The lowest BCUT2D eigenvalue weighted by Crippen LogP contribution is -3.00. The molecule has 0 aromatic carbocycles. The van der Waals surface area contributed by atoms with Crippen molar-refractivity contribution in [1.82, 2.24) is 0 Å². The topological polar surface area (TPSA) is 39.3 Å². The van der Waals surface area contributed by atoms with E-state index in [1.54, 1.807) is 0 Å². The monoisotopic (exact) mass is 510 g/mol. The highest BCUT2D eigenvalue weighted by Crippen LogP contribution is 2.15. The summed E-state index contributed by atoms with van der Waals surface area (Å²) in [6.07, 6.45) is 12.1. The number of nitrogens with zero attached hydrogens (tertiary/aromatic N) is 2. The van der Waals surface area contributed by atoms with Gasteiger partial charge in [0.15, 0.2) is 37.9 Å². The summed E-state index contributed by atoms with van der Waals surface area (Å²) in [5.74, 6) is 0. The molecule has 0 amide bonds. The molecule has 5 heteroatoms. The first kappa shape index (κ1) is 22.5. The van der Waals surface area contributed by atoms with Gasteiger partial charge in [0.2, 0.25) is 0 Å². The van der Waals surface area contributed by atoms with Gasteiger partial charge < -0.3 is 53.4 Å². The van der Waals surface area contributed by atoms with Gasteiger partial charge in [-0.3, -0.25) is 0 Å². The smallest absolute Gasteiger partial charge is 0.169 e. The normalized spacial score (nSPS) is 8.57. The lowest BCUT2D eigenvalue weighted by molar-refractivity contribution is -0.687. The maximum Gasteiger partial charge on any atom is 0.169 e. The van der Waals surface area contributed by atoms with Gasteiger partial charge in [-0.2, -0.15) is 0 Å². The predicted molar refractivity (Wildman–Crippen MR) is 76.3 cm³/mol. The first-order valence-electron chi connectivity index (χ1n) is 6.04. The zero-order valence-corrected chi connectivity index (χ0v) is 16.1. The fraction of sp³-hybridized carbons (Fsp3) is 0.125. The van der Waals surface area contributed by atoms with E-state index in [1.807, 2.05) is 12.2 Å². The summed E-state index contributed by atoms with van der Waals surface area (Å²) in [5, 5.41) is 0. The van der Waals surface area contributed by atoms with E-state index in [0.29, 0.717) is 0 Å². The molecule has 0 saturated heterocycles. The molecule has 0 atom stereocenters. The Kier molecular flexibility index (Phi) is 12.6. The molecule has 0 aliphatic carbocycles. The third kappa shape index (κ3) is 6.66. The molecule has 0 unspecified atom stereocenters. The molecular weight excluding hydrogens is 490 g/mol. The quantitative estimate of drug-likeness (QED) is 0.221. The molecule has 0 bridgehead atoms. The highest BCUT2D eigenvalue weighted by molar-refractivity contribution is 5.60. The van der Waals surface area contributed by atoms with Crippen LogP contribution in [0.2, 0.25) is 0 Å². The molecule has 2 heterocycles.